The Morgan fingerprint density at radius 2 is 2.09 bits per heavy atom. The molecule has 3 heterocycles. The first-order valence-corrected chi connectivity index (χ1v) is 8.30. The Morgan fingerprint density at radius 3 is 2.83 bits per heavy atom. The van der Waals surface area contributed by atoms with Gasteiger partial charge in [-0.1, -0.05) is 12.5 Å². The Kier molecular flexibility index (Phi) is 3.77. The summed E-state index contributed by atoms with van der Waals surface area (Å²) >= 11 is 0. The molecule has 1 fully saturated rings. The summed E-state index contributed by atoms with van der Waals surface area (Å²) in [5, 5.41) is 0. The lowest BCUT2D eigenvalue weighted by atomic mass is 9.84. The number of nitrogens with zero attached hydrogens (tertiary/aromatic N) is 3. The van der Waals surface area contributed by atoms with Gasteiger partial charge in [0, 0.05) is 30.1 Å². The van der Waals surface area contributed by atoms with Crippen molar-refractivity contribution in [2.75, 3.05) is 6.54 Å². The molecule has 0 saturated heterocycles. The molecule has 2 aromatic heterocycles. The highest BCUT2D eigenvalue weighted by Gasteiger charge is 2.33. The third-order valence-electron chi connectivity index (χ3n) is 4.79. The van der Waals surface area contributed by atoms with Crippen molar-refractivity contribution >= 4 is 5.91 Å². The summed E-state index contributed by atoms with van der Waals surface area (Å²) in [5.74, 6) is 1.11. The van der Waals surface area contributed by atoms with Crippen LogP contribution < -0.4 is 4.74 Å². The normalized spacial score (nSPS) is 21.2. The van der Waals surface area contributed by atoms with E-state index < -0.39 is 0 Å². The van der Waals surface area contributed by atoms with Crippen LogP contribution in [0.3, 0.4) is 0 Å². The molecule has 5 nitrogen and oxygen atoms in total. The van der Waals surface area contributed by atoms with Gasteiger partial charge in [0.2, 0.25) is 11.8 Å². The van der Waals surface area contributed by atoms with Crippen LogP contribution in [0.4, 0.5) is 0 Å². The van der Waals surface area contributed by atoms with Crippen LogP contribution in [0.1, 0.15) is 25.0 Å². The first-order valence-electron chi connectivity index (χ1n) is 8.30. The SMILES string of the molecule is O=C(C1CCC1)N1Cc2cccn2CC(Oc2ccccn2)C1. The van der Waals surface area contributed by atoms with Crippen LogP contribution in [-0.2, 0) is 17.9 Å². The standard InChI is InChI=1S/C18H21N3O2/c22-18(14-5-3-6-14)21-11-15-7-4-10-20(15)12-16(13-21)23-17-8-1-2-9-19-17/h1-2,4,7-10,14,16H,3,5-6,11-13H2. The van der Waals surface area contributed by atoms with E-state index in [1.54, 1.807) is 6.20 Å². The van der Waals surface area contributed by atoms with E-state index in [0.717, 1.165) is 19.4 Å². The largest absolute Gasteiger partial charge is 0.471 e. The highest BCUT2D eigenvalue weighted by molar-refractivity contribution is 5.79. The van der Waals surface area contributed by atoms with Crippen LogP contribution in [0.5, 0.6) is 5.88 Å². The van der Waals surface area contributed by atoms with Crippen molar-refractivity contribution < 1.29 is 9.53 Å². The van der Waals surface area contributed by atoms with Crippen LogP contribution in [0, 0.1) is 5.92 Å². The molecule has 1 unspecified atom stereocenters. The molecule has 23 heavy (non-hydrogen) atoms. The van der Waals surface area contributed by atoms with Gasteiger partial charge in [-0.2, -0.15) is 0 Å². The lowest BCUT2D eigenvalue weighted by molar-refractivity contribution is -0.139. The lowest BCUT2D eigenvalue weighted by Gasteiger charge is -2.32. The van der Waals surface area contributed by atoms with Crippen LogP contribution >= 0.6 is 0 Å². The topological polar surface area (TPSA) is 47.4 Å². The summed E-state index contributed by atoms with van der Waals surface area (Å²) in [4.78, 5) is 18.9. The van der Waals surface area contributed by atoms with Gasteiger partial charge in [-0.3, -0.25) is 4.79 Å². The Hall–Kier alpha value is -2.30. The van der Waals surface area contributed by atoms with Gasteiger partial charge in [-0.15, -0.1) is 0 Å². The molecule has 1 aliphatic heterocycles. The van der Waals surface area contributed by atoms with E-state index in [9.17, 15) is 4.79 Å². The minimum atomic E-state index is -0.0809. The molecule has 0 aromatic carbocycles. The molecule has 1 atom stereocenters. The summed E-state index contributed by atoms with van der Waals surface area (Å²) in [5.41, 5.74) is 1.17. The Bertz CT molecular complexity index is 679. The average Bonchev–Trinajstić information content (AvgIpc) is 2.85. The number of aromatic nitrogens is 2. The van der Waals surface area contributed by atoms with Gasteiger partial charge < -0.3 is 14.2 Å². The molecule has 1 amide bonds. The van der Waals surface area contributed by atoms with Gasteiger partial charge in [0.05, 0.1) is 19.6 Å². The number of amides is 1. The highest BCUT2D eigenvalue weighted by Crippen LogP contribution is 2.29. The van der Waals surface area contributed by atoms with Gasteiger partial charge in [0.25, 0.3) is 0 Å². The highest BCUT2D eigenvalue weighted by atomic mass is 16.5. The van der Waals surface area contributed by atoms with Crippen molar-refractivity contribution in [1.29, 1.82) is 0 Å². The molecular formula is C18H21N3O2. The number of rotatable bonds is 3. The van der Waals surface area contributed by atoms with E-state index in [1.807, 2.05) is 29.2 Å². The molecule has 1 saturated carbocycles. The summed E-state index contributed by atoms with van der Waals surface area (Å²) < 4.78 is 8.23. The minimum Gasteiger partial charge on any atom is -0.471 e. The zero-order chi connectivity index (χ0) is 15.6. The minimum absolute atomic E-state index is 0.0809. The predicted molar refractivity (Wildman–Crippen MR) is 85.8 cm³/mol. The number of fused-ring (bicyclic) bond motifs is 1. The van der Waals surface area contributed by atoms with Gasteiger partial charge >= 0.3 is 0 Å². The quantitative estimate of drug-likeness (QED) is 0.875. The van der Waals surface area contributed by atoms with Gasteiger partial charge in [0.1, 0.15) is 6.10 Å². The van der Waals surface area contributed by atoms with Crippen molar-refractivity contribution in [2.24, 2.45) is 5.92 Å². The molecule has 0 N–H and O–H groups in total. The second-order valence-corrected chi connectivity index (χ2v) is 6.41. The van der Waals surface area contributed by atoms with E-state index in [1.165, 1.54) is 12.1 Å². The van der Waals surface area contributed by atoms with E-state index in [-0.39, 0.29) is 17.9 Å². The second-order valence-electron chi connectivity index (χ2n) is 6.41. The van der Waals surface area contributed by atoms with Crippen molar-refractivity contribution in [3.8, 4) is 5.88 Å². The van der Waals surface area contributed by atoms with Crippen LogP contribution in [0.25, 0.3) is 0 Å². The van der Waals surface area contributed by atoms with Crippen LogP contribution in [0.2, 0.25) is 0 Å². The van der Waals surface area contributed by atoms with E-state index in [0.29, 0.717) is 19.0 Å². The zero-order valence-corrected chi connectivity index (χ0v) is 13.1. The maximum atomic E-state index is 12.7. The lowest BCUT2D eigenvalue weighted by Crippen LogP contribution is -2.43. The fraction of sp³-hybridized carbons (Fsp3) is 0.444. The molecule has 0 bridgehead atoms. The Balaban J connectivity index is 1.55. The van der Waals surface area contributed by atoms with E-state index in [4.69, 9.17) is 4.74 Å². The molecule has 2 aliphatic rings. The number of pyridine rings is 1. The third kappa shape index (κ3) is 2.96. The van der Waals surface area contributed by atoms with E-state index >= 15 is 0 Å². The average molecular weight is 311 g/mol. The first-order chi connectivity index (χ1) is 11.3. The fourth-order valence-electron chi connectivity index (χ4n) is 3.30. The van der Waals surface area contributed by atoms with Crippen molar-refractivity contribution in [3.05, 3.63) is 48.4 Å². The van der Waals surface area contributed by atoms with Crippen molar-refractivity contribution in [2.45, 2.75) is 38.5 Å². The number of carbonyl (C=O) groups excluding carboxylic acids is 1. The summed E-state index contributed by atoms with van der Waals surface area (Å²) in [6, 6.07) is 9.77. The third-order valence-corrected chi connectivity index (χ3v) is 4.79. The molecule has 1 aliphatic carbocycles. The number of ether oxygens (including phenoxy) is 1. The van der Waals surface area contributed by atoms with Crippen LogP contribution in [0.15, 0.2) is 42.7 Å². The molecule has 0 radical (unpaired) electrons. The summed E-state index contributed by atoms with van der Waals surface area (Å²) in [6.45, 7) is 2.03. The molecule has 0 spiro atoms. The predicted octanol–water partition coefficient (Wildman–Crippen LogP) is 2.47. The number of carbonyl (C=O) groups is 1. The van der Waals surface area contributed by atoms with Crippen molar-refractivity contribution in [1.82, 2.24) is 14.5 Å². The van der Waals surface area contributed by atoms with Gasteiger partial charge in [0.15, 0.2) is 0 Å². The molecule has 120 valence electrons. The monoisotopic (exact) mass is 311 g/mol. The zero-order valence-electron chi connectivity index (χ0n) is 13.1. The molecule has 5 heteroatoms. The maximum absolute atomic E-state index is 12.7. The molecular weight excluding hydrogens is 290 g/mol. The molecule has 4 rings (SSSR count). The first kappa shape index (κ1) is 14.3. The Morgan fingerprint density at radius 1 is 1.17 bits per heavy atom. The smallest absolute Gasteiger partial charge is 0.226 e. The maximum Gasteiger partial charge on any atom is 0.226 e. The number of hydrogen-bond donors (Lipinski definition) is 0. The second kappa shape index (κ2) is 6.07. The summed E-state index contributed by atoms with van der Waals surface area (Å²) in [6.07, 6.45) is 6.94. The Labute approximate surface area is 135 Å². The van der Waals surface area contributed by atoms with Crippen LogP contribution in [-0.4, -0.2) is 33.0 Å². The molecule has 2 aromatic rings. The van der Waals surface area contributed by atoms with Gasteiger partial charge in [-0.05, 0) is 31.0 Å². The van der Waals surface area contributed by atoms with Gasteiger partial charge in [-0.25, -0.2) is 4.98 Å². The summed E-state index contributed by atoms with van der Waals surface area (Å²) in [7, 11) is 0. The van der Waals surface area contributed by atoms with Crippen molar-refractivity contribution in [3.63, 3.8) is 0 Å². The van der Waals surface area contributed by atoms with E-state index in [2.05, 4.69) is 21.8 Å². The number of hydrogen-bond acceptors (Lipinski definition) is 3. The fourth-order valence-corrected chi connectivity index (χ4v) is 3.30.